The van der Waals surface area contributed by atoms with Crippen LogP contribution in [0.3, 0.4) is 0 Å². The third-order valence-electron chi connectivity index (χ3n) is 5.01. The lowest BCUT2D eigenvalue weighted by Gasteiger charge is -2.34. The molecule has 0 fully saturated rings. The minimum absolute atomic E-state index is 0.00757. The van der Waals surface area contributed by atoms with Crippen LogP contribution in [0.5, 0.6) is 11.5 Å². The second kappa shape index (κ2) is 6.02. The monoisotopic (exact) mass is 368 g/mol. The SMILES string of the molecule is COc1cccc2c1C(=O)C1=C(C2=O)c2c(O)cc(CO)cc2[C@H](O)[C@@H]1O. The minimum Gasteiger partial charge on any atom is -0.507 e. The van der Waals surface area contributed by atoms with E-state index in [4.69, 9.17) is 4.74 Å². The number of Topliss-reactive ketones (excluding diaryl/α,β-unsaturated/α-hetero) is 2. The number of carbonyl (C=O) groups excluding carboxylic acids is 2. The van der Waals surface area contributed by atoms with Crippen LogP contribution in [0, 0.1) is 0 Å². The molecule has 0 unspecified atom stereocenters. The van der Waals surface area contributed by atoms with Crippen LogP contribution in [0.4, 0.5) is 0 Å². The van der Waals surface area contributed by atoms with E-state index >= 15 is 0 Å². The number of hydrogen-bond acceptors (Lipinski definition) is 7. The van der Waals surface area contributed by atoms with Crippen molar-refractivity contribution in [3.8, 4) is 11.5 Å². The highest BCUT2D eigenvalue weighted by Crippen LogP contribution is 2.48. The molecule has 2 aliphatic carbocycles. The predicted octanol–water partition coefficient (Wildman–Crippen LogP) is 1.13. The van der Waals surface area contributed by atoms with Crippen molar-refractivity contribution < 1.29 is 34.8 Å². The van der Waals surface area contributed by atoms with Gasteiger partial charge in [0.15, 0.2) is 11.6 Å². The van der Waals surface area contributed by atoms with Gasteiger partial charge in [-0.05, 0) is 29.3 Å². The summed E-state index contributed by atoms with van der Waals surface area (Å²) >= 11 is 0. The van der Waals surface area contributed by atoms with Gasteiger partial charge < -0.3 is 25.2 Å². The Morgan fingerprint density at radius 3 is 2.44 bits per heavy atom. The molecule has 2 aromatic carbocycles. The molecule has 2 aromatic rings. The number of benzene rings is 2. The van der Waals surface area contributed by atoms with E-state index in [2.05, 4.69) is 0 Å². The lowest BCUT2D eigenvalue weighted by molar-refractivity contribution is 0.0362. The van der Waals surface area contributed by atoms with Gasteiger partial charge in [0, 0.05) is 22.3 Å². The van der Waals surface area contributed by atoms with Crippen LogP contribution in [-0.2, 0) is 6.61 Å². The number of carbonyl (C=O) groups is 2. The molecule has 7 heteroatoms. The van der Waals surface area contributed by atoms with Gasteiger partial charge in [-0.3, -0.25) is 9.59 Å². The van der Waals surface area contributed by atoms with Crippen LogP contribution in [0.2, 0.25) is 0 Å². The van der Waals surface area contributed by atoms with Gasteiger partial charge in [-0.2, -0.15) is 0 Å². The second-order valence-corrected chi connectivity index (χ2v) is 6.46. The number of aliphatic hydroxyl groups excluding tert-OH is 3. The highest BCUT2D eigenvalue weighted by Gasteiger charge is 2.45. The molecule has 0 amide bonds. The van der Waals surface area contributed by atoms with Gasteiger partial charge in [0.1, 0.15) is 23.7 Å². The number of methoxy groups -OCH3 is 1. The van der Waals surface area contributed by atoms with Gasteiger partial charge in [-0.1, -0.05) is 12.1 Å². The van der Waals surface area contributed by atoms with Crippen LogP contribution < -0.4 is 4.74 Å². The van der Waals surface area contributed by atoms with Gasteiger partial charge >= 0.3 is 0 Å². The number of aliphatic hydroxyl groups is 3. The average molecular weight is 368 g/mol. The van der Waals surface area contributed by atoms with E-state index in [1.54, 1.807) is 6.07 Å². The highest BCUT2D eigenvalue weighted by atomic mass is 16.5. The Morgan fingerprint density at radius 1 is 1.04 bits per heavy atom. The first-order valence-corrected chi connectivity index (χ1v) is 8.24. The molecule has 0 bridgehead atoms. The smallest absolute Gasteiger partial charge is 0.196 e. The molecular formula is C20H16O7. The number of ketones is 2. The van der Waals surface area contributed by atoms with Crippen LogP contribution >= 0.6 is 0 Å². The van der Waals surface area contributed by atoms with E-state index < -0.39 is 30.4 Å². The summed E-state index contributed by atoms with van der Waals surface area (Å²) in [6.45, 7) is -0.400. The van der Waals surface area contributed by atoms with E-state index in [1.807, 2.05) is 0 Å². The number of hydrogen-bond donors (Lipinski definition) is 4. The van der Waals surface area contributed by atoms with Crippen molar-refractivity contribution >= 4 is 17.1 Å². The lowest BCUT2D eigenvalue weighted by Crippen LogP contribution is -2.36. The first kappa shape index (κ1) is 17.4. The first-order valence-electron chi connectivity index (χ1n) is 8.24. The molecule has 4 N–H and O–H groups in total. The molecule has 0 aromatic heterocycles. The summed E-state index contributed by atoms with van der Waals surface area (Å²) in [5, 5.41) is 40.9. The minimum atomic E-state index is -1.66. The zero-order chi connectivity index (χ0) is 19.5. The number of phenolic OH excluding ortho intramolecular Hbond substituents is 1. The molecule has 27 heavy (non-hydrogen) atoms. The zero-order valence-corrected chi connectivity index (χ0v) is 14.3. The Kier molecular flexibility index (Phi) is 3.88. The Bertz CT molecular complexity index is 1030. The number of phenols is 1. The average Bonchev–Trinajstić information content (AvgIpc) is 2.67. The number of ether oxygens (including phenoxy) is 1. The number of allylic oxidation sites excluding steroid dienone is 1. The summed E-state index contributed by atoms with van der Waals surface area (Å²) in [5.41, 5.74) is 0.0746. The highest BCUT2D eigenvalue weighted by molar-refractivity contribution is 6.42. The maximum atomic E-state index is 13.2. The molecule has 2 aliphatic rings. The molecule has 0 spiro atoms. The lowest BCUT2D eigenvalue weighted by atomic mass is 9.71. The van der Waals surface area contributed by atoms with Crippen molar-refractivity contribution in [2.75, 3.05) is 7.11 Å². The molecule has 4 rings (SSSR count). The normalized spacial score (nSPS) is 20.9. The first-order chi connectivity index (χ1) is 12.9. The molecule has 2 atom stereocenters. The summed E-state index contributed by atoms with van der Waals surface area (Å²) < 4.78 is 5.18. The van der Waals surface area contributed by atoms with E-state index in [-0.39, 0.29) is 44.9 Å². The standard InChI is InChI=1S/C20H16O7/c1-27-12-4-2-3-9-14(12)19(25)16-15(17(9)23)13-10(18(24)20(16)26)5-8(7-21)6-11(13)22/h2-6,18,20-22,24,26H,7H2,1H3/t18-,20+/m0/s1. The van der Waals surface area contributed by atoms with Gasteiger partial charge in [-0.25, -0.2) is 0 Å². The van der Waals surface area contributed by atoms with E-state index in [0.29, 0.717) is 5.56 Å². The number of fused-ring (bicyclic) bond motifs is 3. The summed E-state index contributed by atoms with van der Waals surface area (Å²) in [6.07, 6.45) is -3.19. The van der Waals surface area contributed by atoms with Crippen molar-refractivity contribution in [3.63, 3.8) is 0 Å². The van der Waals surface area contributed by atoms with Crippen LogP contribution in [0.15, 0.2) is 35.9 Å². The third kappa shape index (κ3) is 2.26. The molecule has 0 saturated carbocycles. The molecule has 138 valence electrons. The number of rotatable bonds is 2. The Labute approximate surface area is 153 Å². The maximum Gasteiger partial charge on any atom is 0.196 e. The molecule has 0 aliphatic heterocycles. The van der Waals surface area contributed by atoms with Crippen molar-refractivity contribution in [1.29, 1.82) is 0 Å². The molecule has 7 nitrogen and oxygen atoms in total. The van der Waals surface area contributed by atoms with E-state index in [1.165, 1.54) is 31.4 Å². The molecular weight excluding hydrogens is 352 g/mol. The van der Waals surface area contributed by atoms with Crippen LogP contribution in [-0.4, -0.2) is 45.2 Å². The summed E-state index contributed by atoms with van der Waals surface area (Å²) in [6, 6.07) is 7.22. The van der Waals surface area contributed by atoms with Crippen molar-refractivity contribution in [2.45, 2.75) is 18.8 Å². The van der Waals surface area contributed by atoms with Crippen LogP contribution in [0.1, 0.15) is 43.5 Å². The second-order valence-electron chi connectivity index (χ2n) is 6.46. The largest absolute Gasteiger partial charge is 0.507 e. The summed E-state index contributed by atoms with van der Waals surface area (Å²) in [4.78, 5) is 26.3. The Balaban J connectivity index is 2.06. The molecule has 0 radical (unpaired) electrons. The fourth-order valence-corrected chi connectivity index (χ4v) is 3.79. The zero-order valence-electron chi connectivity index (χ0n) is 14.3. The Morgan fingerprint density at radius 2 is 1.78 bits per heavy atom. The molecule has 0 saturated heterocycles. The topological polar surface area (TPSA) is 124 Å². The predicted molar refractivity (Wildman–Crippen MR) is 93.6 cm³/mol. The number of aromatic hydroxyl groups is 1. The van der Waals surface area contributed by atoms with Gasteiger partial charge in [-0.15, -0.1) is 0 Å². The van der Waals surface area contributed by atoms with Crippen LogP contribution in [0.25, 0.3) is 5.57 Å². The van der Waals surface area contributed by atoms with E-state index in [9.17, 15) is 30.0 Å². The quantitative estimate of drug-likeness (QED) is 0.626. The van der Waals surface area contributed by atoms with E-state index in [0.717, 1.165) is 0 Å². The fourth-order valence-electron chi connectivity index (χ4n) is 3.79. The van der Waals surface area contributed by atoms with Crippen molar-refractivity contribution in [1.82, 2.24) is 0 Å². The summed E-state index contributed by atoms with van der Waals surface area (Å²) in [5.74, 6) is -1.37. The van der Waals surface area contributed by atoms with Gasteiger partial charge in [0.2, 0.25) is 0 Å². The summed E-state index contributed by atoms with van der Waals surface area (Å²) in [7, 11) is 1.36. The third-order valence-corrected chi connectivity index (χ3v) is 5.01. The van der Waals surface area contributed by atoms with Gasteiger partial charge in [0.05, 0.1) is 19.3 Å². The fraction of sp³-hybridized carbons (Fsp3) is 0.200. The molecule has 0 heterocycles. The van der Waals surface area contributed by atoms with Crippen molar-refractivity contribution in [3.05, 3.63) is 63.7 Å². The van der Waals surface area contributed by atoms with Gasteiger partial charge in [0.25, 0.3) is 0 Å². The maximum absolute atomic E-state index is 13.2. The van der Waals surface area contributed by atoms with Crippen molar-refractivity contribution in [2.24, 2.45) is 0 Å². The Hall–Kier alpha value is -3.00.